The zero-order valence-corrected chi connectivity index (χ0v) is 16.9. The number of para-hydroxylation sites is 1. The molecule has 2 N–H and O–H groups in total. The molecular formula is C21H22N4O2S. The van der Waals surface area contributed by atoms with E-state index in [-0.39, 0.29) is 18.0 Å². The van der Waals surface area contributed by atoms with E-state index in [1.165, 1.54) is 16.9 Å². The van der Waals surface area contributed by atoms with Crippen LogP contribution in [0.4, 0.5) is 15.6 Å². The Morgan fingerprint density at radius 2 is 1.96 bits per heavy atom. The first-order valence-corrected chi connectivity index (χ1v) is 10.0. The highest BCUT2D eigenvalue weighted by atomic mass is 32.1. The zero-order valence-electron chi connectivity index (χ0n) is 16.1. The molecule has 6 nitrogen and oxygen atoms in total. The topological polar surface area (TPSA) is 74.3 Å². The summed E-state index contributed by atoms with van der Waals surface area (Å²) in [7, 11) is 0. The molecular weight excluding hydrogens is 372 g/mol. The first-order valence-electron chi connectivity index (χ1n) is 9.22. The molecule has 3 amide bonds. The Bertz CT molecular complexity index is 1080. The van der Waals surface area contributed by atoms with Gasteiger partial charge in [-0.2, -0.15) is 0 Å². The van der Waals surface area contributed by atoms with Crippen molar-refractivity contribution >= 4 is 44.3 Å². The van der Waals surface area contributed by atoms with Crippen molar-refractivity contribution in [3.05, 3.63) is 53.1 Å². The third-order valence-electron chi connectivity index (χ3n) is 5.10. The van der Waals surface area contributed by atoms with E-state index in [1.807, 2.05) is 57.2 Å². The Balaban J connectivity index is 1.41. The molecule has 2 aromatic carbocycles. The SMILES string of the molecule is Cc1ccc(N2C[C@@H](NC(=O)Nc3nc4c(C)cccc4s3)CC2=O)cc1C. The maximum Gasteiger partial charge on any atom is 0.321 e. The van der Waals surface area contributed by atoms with Crippen LogP contribution in [0.15, 0.2) is 36.4 Å². The Morgan fingerprint density at radius 3 is 2.71 bits per heavy atom. The van der Waals surface area contributed by atoms with Gasteiger partial charge in [0.2, 0.25) is 5.91 Å². The molecule has 0 saturated carbocycles. The molecule has 4 rings (SSSR count). The number of hydrogen-bond acceptors (Lipinski definition) is 4. The minimum absolute atomic E-state index is 0.0177. The highest BCUT2D eigenvalue weighted by Gasteiger charge is 2.31. The van der Waals surface area contributed by atoms with E-state index >= 15 is 0 Å². The number of anilines is 2. The van der Waals surface area contributed by atoms with Crippen molar-refractivity contribution in [2.24, 2.45) is 0 Å². The van der Waals surface area contributed by atoms with Gasteiger partial charge in [-0.15, -0.1) is 0 Å². The van der Waals surface area contributed by atoms with Crippen molar-refractivity contribution in [1.29, 1.82) is 0 Å². The van der Waals surface area contributed by atoms with Crippen LogP contribution in [-0.2, 0) is 4.79 Å². The number of benzene rings is 2. The van der Waals surface area contributed by atoms with Crippen LogP contribution in [0, 0.1) is 20.8 Å². The lowest BCUT2D eigenvalue weighted by molar-refractivity contribution is -0.117. The predicted octanol–water partition coefficient (Wildman–Crippen LogP) is 4.15. The summed E-state index contributed by atoms with van der Waals surface area (Å²) in [5.74, 6) is 0.0177. The van der Waals surface area contributed by atoms with Crippen molar-refractivity contribution in [3.8, 4) is 0 Å². The number of hydrogen-bond donors (Lipinski definition) is 2. The van der Waals surface area contributed by atoms with Crippen LogP contribution in [0.2, 0.25) is 0 Å². The van der Waals surface area contributed by atoms with Gasteiger partial charge in [-0.3, -0.25) is 10.1 Å². The van der Waals surface area contributed by atoms with Gasteiger partial charge in [0, 0.05) is 18.7 Å². The van der Waals surface area contributed by atoms with E-state index < -0.39 is 0 Å². The zero-order chi connectivity index (χ0) is 19.8. The van der Waals surface area contributed by atoms with Gasteiger partial charge >= 0.3 is 6.03 Å². The van der Waals surface area contributed by atoms with Crippen molar-refractivity contribution in [3.63, 3.8) is 0 Å². The molecule has 1 fully saturated rings. The van der Waals surface area contributed by atoms with Crippen LogP contribution < -0.4 is 15.5 Å². The molecule has 1 aliphatic heterocycles. The second-order valence-electron chi connectivity index (χ2n) is 7.21. The fourth-order valence-electron chi connectivity index (χ4n) is 3.41. The largest absolute Gasteiger partial charge is 0.333 e. The number of aromatic nitrogens is 1. The van der Waals surface area contributed by atoms with Gasteiger partial charge in [0.15, 0.2) is 5.13 Å². The number of fused-ring (bicyclic) bond motifs is 1. The number of rotatable bonds is 3. The lowest BCUT2D eigenvalue weighted by atomic mass is 10.1. The average molecular weight is 395 g/mol. The van der Waals surface area contributed by atoms with Gasteiger partial charge in [-0.05, 0) is 55.7 Å². The summed E-state index contributed by atoms with van der Waals surface area (Å²) in [6.45, 7) is 6.54. The van der Waals surface area contributed by atoms with E-state index in [1.54, 1.807) is 4.90 Å². The van der Waals surface area contributed by atoms with Crippen LogP contribution in [-0.4, -0.2) is 29.5 Å². The van der Waals surface area contributed by atoms with Gasteiger partial charge < -0.3 is 10.2 Å². The molecule has 1 aromatic heterocycles. The quantitative estimate of drug-likeness (QED) is 0.701. The number of thiazole rings is 1. The van der Waals surface area contributed by atoms with Gasteiger partial charge in [-0.25, -0.2) is 9.78 Å². The second-order valence-corrected chi connectivity index (χ2v) is 8.24. The fourth-order valence-corrected chi connectivity index (χ4v) is 4.34. The Morgan fingerprint density at radius 1 is 1.14 bits per heavy atom. The van der Waals surface area contributed by atoms with E-state index in [0.29, 0.717) is 18.1 Å². The van der Waals surface area contributed by atoms with Crippen molar-refractivity contribution in [2.45, 2.75) is 33.2 Å². The molecule has 0 unspecified atom stereocenters. The molecule has 0 aliphatic carbocycles. The standard InChI is InChI=1S/C21H22N4O2S/c1-12-7-8-16(9-14(12)3)25-11-15(10-18(25)26)22-20(27)24-21-23-19-13(2)5-4-6-17(19)28-21/h4-9,15H,10-11H2,1-3H3,(H2,22,23,24,27)/t15-/m0/s1. The van der Waals surface area contributed by atoms with Gasteiger partial charge in [0.1, 0.15) is 0 Å². The monoisotopic (exact) mass is 394 g/mol. The van der Waals surface area contributed by atoms with Crippen LogP contribution >= 0.6 is 11.3 Å². The molecule has 0 spiro atoms. The summed E-state index contributed by atoms with van der Waals surface area (Å²) in [5, 5.41) is 6.25. The third kappa shape index (κ3) is 3.57. The third-order valence-corrected chi connectivity index (χ3v) is 6.04. The lowest BCUT2D eigenvalue weighted by Gasteiger charge is -2.18. The molecule has 1 atom stereocenters. The van der Waals surface area contributed by atoms with Crippen molar-refractivity contribution in [1.82, 2.24) is 10.3 Å². The molecule has 144 valence electrons. The molecule has 1 aliphatic rings. The van der Waals surface area contributed by atoms with E-state index in [2.05, 4.69) is 15.6 Å². The Kier molecular flexibility index (Phi) is 4.77. The fraction of sp³-hybridized carbons (Fsp3) is 0.286. The highest BCUT2D eigenvalue weighted by Crippen LogP contribution is 2.28. The van der Waals surface area contributed by atoms with Crippen molar-refractivity contribution < 1.29 is 9.59 Å². The Hall–Kier alpha value is -2.93. The van der Waals surface area contributed by atoms with E-state index in [9.17, 15) is 9.59 Å². The van der Waals surface area contributed by atoms with Crippen LogP contribution in [0.3, 0.4) is 0 Å². The summed E-state index contributed by atoms with van der Waals surface area (Å²) >= 11 is 1.44. The predicted molar refractivity (Wildman–Crippen MR) is 113 cm³/mol. The molecule has 2 heterocycles. The van der Waals surface area contributed by atoms with Gasteiger partial charge in [0.05, 0.1) is 16.3 Å². The summed E-state index contributed by atoms with van der Waals surface area (Å²) in [6.07, 6.45) is 0.291. The van der Waals surface area contributed by atoms with E-state index in [4.69, 9.17) is 0 Å². The normalized spacial score (nSPS) is 16.6. The first kappa shape index (κ1) is 18.4. The van der Waals surface area contributed by atoms with Crippen molar-refractivity contribution in [2.75, 3.05) is 16.8 Å². The minimum Gasteiger partial charge on any atom is -0.333 e. The summed E-state index contributed by atoms with van der Waals surface area (Å²) in [5.41, 5.74) is 5.19. The van der Waals surface area contributed by atoms with Gasteiger partial charge in [-0.1, -0.05) is 29.5 Å². The van der Waals surface area contributed by atoms with E-state index in [0.717, 1.165) is 27.0 Å². The number of nitrogens with one attached hydrogen (secondary N) is 2. The van der Waals surface area contributed by atoms with Crippen LogP contribution in [0.1, 0.15) is 23.1 Å². The number of carbonyl (C=O) groups is 2. The number of aryl methyl sites for hydroxylation is 3. The highest BCUT2D eigenvalue weighted by molar-refractivity contribution is 7.22. The number of amides is 3. The molecule has 3 aromatic rings. The molecule has 7 heteroatoms. The van der Waals surface area contributed by atoms with Gasteiger partial charge in [0.25, 0.3) is 0 Å². The maximum absolute atomic E-state index is 12.4. The minimum atomic E-state index is -0.337. The molecule has 0 bridgehead atoms. The number of urea groups is 1. The molecule has 1 saturated heterocycles. The average Bonchev–Trinajstić information content (AvgIpc) is 3.21. The smallest absolute Gasteiger partial charge is 0.321 e. The molecule has 28 heavy (non-hydrogen) atoms. The number of carbonyl (C=O) groups excluding carboxylic acids is 2. The maximum atomic E-state index is 12.4. The summed E-state index contributed by atoms with van der Waals surface area (Å²) in [4.78, 5) is 31.0. The second kappa shape index (κ2) is 7.24. The summed E-state index contributed by atoms with van der Waals surface area (Å²) in [6, 6.07) is 11.4. The Labute approximate surface area is 167 Å². The van der Waals surface area contributed by atoms with Crippen LogP contribution in [0.25, 0.3) is 10.2 Å². The van der Waals surface area contributed by atoms with Crippen LogP contribution in [0.5, 0.6) is 0 Å². The molecule has 0 radical (unpaired) electrons. The lowest BCUT2D eigenvalue weighted by Crippen LogP contribution is -2.39. The summed E-state index contributed by atoms with van der Waals surface area (Å²) < 4.78 is 1.03. The first-order chi connectivity index (χ1) is 13.4. The number of nitrogens with zero attached hydrogens (tertiary/aromatic N) is 2.